The Balaban J connectivity index is 1.66. The van der Waals surface area contributed by atoms with Crippen molar-refractivity contribution >= 4 is 17.6 Å². The van der Waals surface area contributed by atoms with Crippen molar-refractivity contribution < 1.29 is 37.1 Å². The average Bonchev–Trinajstić information content (AvgIpc) is 3.11. The number of ether oxygens (including phenoxy) is 3. The molecule has 0 aliphatic carbocycles. The molecule has 0 saturated carbocycles. The number of hydrogen-bond donors (Lipinski definition) is 1. The van der Waals surface area contributed by atoms with Gasteiger partial charge in [-0.1, -0.05) is 11.2 Å². The highest BCUT2D eigenvalue weighted by Gasteiger charge is 2.22. The van der Waals surface area contributed by atoms with Gasteiger partial charge in [0, 0.05) is 0 Å². The third kappa shape index (κ3) is 5.46. The summed E-state index contributed by atoms with van der Waals surface area (Å²) in [7, 11) is 1.41. The molecule has 3 rings (SSSR count). The number of rotatable bonds is 8. The quantitative estimate of drug-likeness (QED) is 0.499. The van der Waals surface area contributed by atoms with Gasteiger partial charge in [0.15, 0.2) is 17.6 Å². The summed E-state index contributed by atoms with van der Waals surface area (Å²) in [6.07, 6.45) is -1.32. The maximum absolute atomic E-state index is 13.7. The molecule has 1 heterocycles. The summed E-state index contributed by atoms with van der Waals surface area (Å²) in [5.74, 6) is -2.34. The van der Waals surface area contributed by atoms with E-state index >= 15 is 0 Å². The van der Waals surface area contributed by atoms with Crippen LogP contribution in [0.1, 0.15) is 34.3 Å². The Labute approximate surface area is 188 Å². The lowest BCUT2D eigenvalue weighted by atomic mass is 10.2. The van der Waals surface area contributed by atoms with Gasteiger partial charge >= 0.3 is 5.97 Å². The Morgan fingerprint density at radius 3 is 2.42 bits per heavy atom. The van der Waals surface area contributed by atoms with E-state index < -0.39 is 35.3 Å². The molecule has 1 unspecified atom stereocenters. The number of aryl methyl sites for hydroxylation is 2. The Morgan fingerprint density at radius 1 is 1.12 bits per heavy atom. The van der Waals surface area contributed by atoms with Crippen molar-refractivity contribution in [1.82, 2.24) is 5.16 Å². The highest BCUT2D eigenvalue weighted by molar-refractivity contribution is 5.97. The summed E-state index contributed by atoms with van der Waals surface area (Å²) in [5.41, 5.74) is 0.973. The van der Waals surface area contributed by atoms with E-state index in [0.29, 0.717) is 17.2 Å². The first-order chi connectivity index (χ1) is 15.7. The van der Waals surface area contributed by atoms with E-state index in [1.165, 1.54) is 38.3 Å². The van der Waals surface area contributed by atoms with Gasteiger partial charge in [-0.05, 0) is 51.1 Å². The highest BCUT2D eigenvalue weighted by Crippen LogP contribution is 2.30. The number of carbonyl (C=O) groups is 2. The van der Waals surface area contributed by atoms with Crippen molar-refractivity contribution in [2.24, 2.45) is 0 Å². The van der Waals surface area contributed by atoms with Crippen LogP contribution in [0.15, 0.2) is 40.9 Å². The molecule has 174 valence electrons. The third-order valence-electron chi connectivity index (χ3n) is 4.82. The number of amides is 1. The van der Waals surface area contributed by atoms with Crippen molar-refractivity contribution in [2.75, 3.05) is 12.4 Å². The molecule has 0 bridgehead atoms. The average molecular weight is 460 g/mol. The predicted octanol–water partition coefficient (Wildman–Crippen LogP) is 4.34. The fourth-order valence-corrected chi connectivity index (χ4v) is 2.90. The maximum atomic E-state index is 13.7. The van der Waals surface area contributed by atoms with Gasteiger partial charge in [-0.2, -0.15) is 0 Å². The number of carbonyl (C=O) groups excluding carboxylic acids is 2. The van der Waals surface area contributed by atoms with Crippen molar-refractivity contribution in [3.05, 3.63) is 70.6 Å². The van der Waals surface area contributed by atoms with Crippen LogP contribution in [0, 0.1) is 25.5 Å². The van der Waals surface area contributed by atoms with E-state index in [1.54, 1.807) is 13.8 Å². The molecule has 2 aromatic carbocycles. The normalized spacial score (nSPS) is 11.6. The monoisotopic (exact) mass is 460 g/mol. The lowest BCUT2D eigenvalue weighted by molar-refractivity contribution is -0.123. The second-order valence-corrected chi connectivity index (χ2v) is 7.09. The van der Waals surface area contributed by atoms with Gasteiger partial charge in [-0.3, -0.25) is 4.79 Å². The number of nitrogens with one attached hydrogen (secondary N) is 1. The molecule has 0 aliphatic rings. The Hall–Kier alpha value is -3.95. The van der Waals surface area contributed by atoms with Crippen LogP contribution in [0.25, 0.3) is 0 Å². The van der Waals surface area contributed by atoms with Gasteiger partial charge in [-0.25, -0.2) is 13.6 Å². The van der Waals surface area contributed by atoms with E-state index in [4.69, 9.17) is 18.7 Å². The Kier molecular flexibility index (Phi) is 7.27. The zero-order valence-corrected chi connectivity index (χ0v) is 18.4. The van der Waals surface area contributed by atoms with Crippen LogP contribution in [0.5, 0.6) is 11.5 Å². The number of benzene rings is 2. The van der Waals surface area contributed by atoms with Gasteiger partial charge in [-0.15, -0.1) is 0 Å². The SMILES string of the molecule is COc1cc(C(=O)OC(C)C(=O)Nc2c(F)cccc2F)ccc1OCc1c(C)noc1C. The van der Waals surface area contributed by atoms with Crippen molar-refractivity contribution in [3.8, 4) is 11.5 Å². The number of para-hydroxylation sites is 1. The molecule has 0 saturated heterocycles. The topological polar surface area (TPSA) is 99.9 Å². The Morgan fingerprint density at radius 2 is 1.82 bits per heavy atom. The summed E-state index contributed by atoms with van der Waals surface area (Å²) < 4.78 is 48.7. The molecular weight excluding hydrogens is 438 g/mol. The van der Waals surface area contributed by atoms with Crippen LogP contribution in [0.4, 0.5) is 14.5 Å². The summed E-state index contributed by atoms with van der Waals surface area (Å²) in [6, 6.07) is 7.51. The maximum Gasteiger partial charge on any atom is 0.339 e. The molecule has 1 aromatic heterocycles. The van der Waals surface area contributed by atoms with Crippen LogP contribution in [0.2, 0.25) is 0 Å². The number of halogens is 2. The Bertz CT molecular complexity index is 1140. The zero-order valence-electron chi connectivity index (χ0n) is 18.4. The minimum Gasteiger partial charge on any atom is -0.493 e. The molecule has 1 N–H and O–H groups in total. The molecule has 0 aliphatic heterocycles. The largest absolute Gasteiger partial charge is 0.493 e. The van der Waals surface area contributed by atoms with Gasteiger partial charge in [0.1, 0.15) is 29.7 Å². The van der Waals surface area contributed by atoms with Crippen molar-refractivity contribution in [2.45, 2.75) is 33.5 Å². The number of methoxy groups -OCH3 is 1. The summed E-state index contributed by atoms with van der Waals surface area (Å²) >= 11 is 0. The van der Waals surface area contributed by atoms with E-state index in [2.05, 4.69) is 10.5 Å². The number of esters is 1. The minimum atomic E-state index is -1.32. The predicted molar refractivity (Wildman–Crippen MR) is 113 cm³/mol. The smallest absolute Gasteiger partial charge is 0.339 e. The van der Waals surface area contributed by atoms with E-state index in [9.17, 15) is 18.4 Å². The van der Waals surface area contributed by atoms with Crippen LogP contribution in [-0.2, 0) is 16.1 Å². The van der Waals surface area contributed by atoms with Crippen molar-refractivity contribution in [1.29, 1.82) is 0 Å². The molecule has 3 aromatic rings. The fourth-order valence-electron chi connectivity index (χ4n) is 2.90. The van der Waals surface area contributed by atoms with Crippen LogP contribution in [-0.4, -0.2) is 30.2 Å². The van der Waals surface area contributed by atoms with Gasteiger partial charge < -0.3 is 24.1 Å². The lowest BCUT2D eigenvalue weighted by Crippen LogP contribution is -2.30. The lowest BCUT2D eigenvalue weighted by Gasteiger charge is -2.15. The number of anilines is 1. The molecule has 0 radical (unpaired) electrons. The standard InChI is InChI=1S/C23H22F2N2O6/c1-12-16(13(2)33-27-12)11-31-19-9-8-15(10-20(19)30-4)23(29)32-14(3)22(28)26-21-17(24)6-5-7-18(21)25/h5-10,14H,11H2,1-4H3,(H,26,28). The van der Waals surface area contributed by atoms with Gasteiger partial charge in [0.05, 0.1) is 23.9 Å². The first kappa shape index (κ1) is 23.7. The third-order valence-corrected chi connectivity index (χ3v) is 4.82. The molecular formula is C23H22F2N2O6. The number of hydrogen-bond acceptors (Lipinski definition) is 7. The molecule has 1 atom stereocenters. The zero-order chi connectivity index (χ0) is 24.1. The van der Waals surface area contributed by atoms with Gasteiger partial charge in [0.2, 0.25) is 0 Å². The molecule has 0 spiro atoms. The summed E-state index contributed by atoms with van der Waals surface area (Å²) in [4.78, 5) is 24.7. The molecule has 0 fully saturated rings. The highest BCUT2D eigenvalue weighted by atomic mass is 19.1. The number of nitrogens with zero attached hydrogens (tertiary/aromatic N) is 1. The van der Waals surface area contributed by atoms with E-state index in [-0.39, 0.29) is 17.9 Å². The molecule has 8 nitrogen and oxygen atoms in total. The number of aromatic nitrogens is 1. The summed E-state index contributed by atoms with van der Waals surface area (Å²) in [5, 5.41) is 5.95. The van der Waals surface area contributed by atoms with Crippen LogP contribution >= 0.6 is 0 Å². The first-order valence-corrected chi connectivity index (χ1v) is 9.89. The second kappa shape index (κ2) is 10.1. The van der Waals surface area contributed by atoms with E-state index in [0.717, 1.165) is 17.7 Å². The van der Waals surface area contributed by atoms with Crippen molar-refractivity contribution in [3.63, 3.8) is 0 Å². The minimum absolute atomic E-state index is 0.0910. The second-order valence-electron chi connectivity index (χ2n) is 7.09. The molecule has 10 heteroatoms. The van der Waals surface area contributed by atoms with Crippen LogP contribution in [0.3, 0.4) is 0 Å². The fraction of sp³-hybridized carbons (Fsp3) is 0.261. The first-order valence-electron chi connectivity index (χ1n) is 9.89. The van der Waals surface area contributed by atoms with Crippen LogP contribution < -0.4 is 14.8 Å². The van der Waals surface area contributed by atoms with E-state index in [1.807, 2.05) is 0 Å². The van der Waals surface area contributed by atoms with Gasteiger partial charge in [0.25, 0.3) is 5.91 Å². The summed E-state index contributed by atoms with van der Waals surface area (Å²) in [6.45, 7) is 5.03. The molecule has 1 amide bonds. The molecule has 33 heavy (non-hydrogen) atoms.